The van der Waals surface area contributed by atoms with Gasteiger partial charge in [0.25, 0.3) is 0 Å². The third-order valence-corrected chi connectivity index (χ3v) is 13.2. The fraction of sp³-hybridized carbons (Fsp3) is 0.794. The number of rotatable bonds is 7. The SMILES string of the molecule is C=C(C)C(CCC(=C)C1[C@@H](OC(C)=O)C[C@@]2(C)C3CCC4C(C)(C)C(=O)CC[C@@]45C[C@@]35CC[C@]12C)OC(C)=O. The minimum Gasteiger partial charge on any atom is -0.462 e. The Labute approximate surface area is 235 Å². The highest BCUT2D eigenvalue weighted by Gasteiger charge is 2.83. The summed E-state index contributed by atoms with van der Waals surface area (Å²) in [6.45, 7) is 22.8. The van der Waals surface area contributed by atoms with Gasteiger partial charge < -0.3 is 9.47 Å². The van der Waals surface area contributed by atoms with Gasteiger partial charge in [-0.15, -0.1) is 0 Å². The number of carbonyl (C=O) groups is 3. The van der Waals surface area contributed by atoms with E-state index in [1.807, 2.05) is 6.92 Å². The van der Waals surface area contributed by atoms with Crippen molar-refractivity contribution in [1.82, 2.24) is 0 Å². The van der Waals surface area contributed by atoms with Crippen LogP contribution < -0.4 is 0 Å². The van der Waals surface area contributed by atoms with E-state index in [1.165, 1.54) is 26.7 Å². The molecule has 9 atom stereocenters. The number of hydrogen-bond acceptors (Lipinski definition) is 5. The third kappa shape index (κ3) is 3.87. The fourth-order valence-corrected chi connectivity index (χ4v) is 11.3. The first-order valence-corrected chi connectivity index (χ1v) is 15.3. The largest absolute Gasteiger partial charge is 0.462 e. The van der Waals surface area contributed by atoms with E-state index in [2.05, 4.69) is 40.9 Å². The van der Waals surface area contributed by atoms with Crippen molar-refractivity contribution in [3.8, 4) is 0 Å². The second-order valence-electron chi connectivity index (χ2n) is 15.1. The molecule has 4 unspecified atom stereocenters. The van der Waals surface area contributed by atoms with Crippen LogP contribution in [0.4, 0.5) is 0 Å². The van der Waals surface area contributed by atoms with Gasteiger partial charge in [-0.1, -0.05) is 46.4 Å². The van der Waals surface area contributed by atoms with Crippen LogP contribution in [0.3, 0.4) is 0 Å². The lowest BCUT2D eigenvalue weighted by atomic mass is 9.42. The van der Waals surface area contributed by atoms with Crippen molar-refractivity contribution in [1.29, 1.82) is 0 Å². The standard InChI is InChI=1S/C34H50O5/c1-20(2)24(38-22(4)35)11-10-21(3)29-25(39-23(5)36)18-32(9)27-13-12-26-30(6,7)28(37)14-15-33(26)19-34(27,33)17-16-31(29,32)8/h24-27,29H,1,3,10-19H2,2,4-9H3/t24?,25-,26?,27?,29?,31+,32-,33+,34-/m0/s1. The first-order chi connectivity index (χ1) is 18.1. The Morgan fingerprint density at radius 3 is 2.18 bits per heavy atom. The van der Waals surface area contributed by atoms with Crippen molar-refractivity contribution in [2.24, 2.45) is 44.8 Å². The molecule has 216 valence electrons. The van der Waals surface area contributed by atoms with Crippen LogP contribution in [-0.2, 0) is 23.9 Å². The van der Waals surface area contributed by atoms with E-state index in [-0.39, 0.29) is 46.3 Å². The maximum absolute atomic E-state index is 13.0. The van der Waals surface area contributed by atoms with Crippen LogP contribution in [0.2, 0.25) is 0 Å². The van der Waals surface area contributed by atoms with Gasteiger partial charge in [0.15, 0.2) is 0 Å². The van der Waals surface area contributed by atoms with Crippen molar-refractivity contribution in [3.05, 3.63) is 24.3 Å². The first kappa shape index (κ1) is 28.6. The minimum absolute atomic E-state index is 0.0304. The Morgan fingerprint density at radius 1 is 0.923 bits per heavy atom. The molecule has 0 N–H and O–H groups in total. The van der Waals surface area contributed by atoms with Crippen molar-refractivity contribution < 1.29 is 23.9 Å². The smallest absolute Gasteiger partial charge is 0.303 e. The zero-order chi connectivity index (χ0) is 28.8. The number of ether oxygens (including phenoxy) is 2. The number of carbonyl (C=O) groups excluding carboxylic acids is 3. The molecule has 5 heteroatoms. The van der Waals surface area contributed by atoms with E-state index in [0.29, 0.717) is 41.3 Å². The highest BCUT2D eigenvalue weighted by molar-refractivity contribution is 5.86. The maximum Gasteiger partial charge on any atom is 0.303 e. The monoisotopic (exact) mass is 538 g/mol. The quantitative estimate of drug-likeness (QED) is 0.250. The Bertz CT molecular complexity index is 1120. The van der Waals surface area contributed by atoms with Crippen molar-refractivity contribution in [2.45, 2.75) is 125 Å². The summed E-state index contributed by atoms with van der Waals surface area (Å²) in [5, 5.41) is 0. The maximum atomic E-state index is 13.0. The van der Waals surface area contributed by atoms with E-state index in [1.54, 1.807) is 0 Å². The Balaban J connectivity index is 1.45. The molecule has 39 heavy (non-hydrogen) atoms. The topological polar surface area (TPSA) is 69.7 Å². The highest BCUT2D eigenvalue weighted by atomic mass is 16.5. The molecule has 5 saturated carbocycles. The lowest BCUT2D eigenvalue weighted by Crippen LogP contribution is -2.56. The van der Waals surface area contributed by atoms with Crippen LogP contribution in [0.15, 0.2) is 24.3 Å². The summed E-state index contributed by atoms with van der Waals surface area (Å²) in [5.74, 6) is 1.07. The molecule has 5 aliphatic rings. The molecular weight excluding hydrogens is 488 g/mol. The Morgan fingerprint density at radius 2 is 1.56 bits per heavy atom. The normalized spacial score (nSPS) is 44.1. The Hall–Kier alpha value is -1.91. The van der Waals surface area contributed by atoms with Crippen LogP contribution in [0.25, 0.3) is 0 Å². The summed E-state index contributed by atoms with van der Waals surface area (Å²) in [6.07, 6.45) is 9.34. The molecular formula is C34H50O5. The Kier molecular flexibility index (Phi) is 6.64. The molecule has 5 rings (SSSR count). The number of ketones is 1. The third-order valence-electron chi connectivity index (χ3n) is 13.2. The molecule has 0 aromatic rings. The summed E-state index contributed by atoms with van der Waals surface area (Å²) in [6, 6.07) is 0. The van der Waals surface area contributed by atoms with Crippen LogP contribution in [0.5, 0.6) is 0 Å². The van der Waals surface area contributed by atoms with Crippen LogP contribution in [0.1, 0.15) is 113 Å². The van der Waals surface area contributed by atoms with Gasteiger partial charge in [0.05, 0.1) is 0 Å². The number of hydrogen-bond donors (Lipinski definition) is 0. The van der Waals surface area contributed by atoms with Crippen LogP contribution >= 0.6 is 0 Å². The second kappa shape index (κ2) is 9.05. The van der Waals surface area contributed by atoms with Crippen molar-refractivity contribution in [3.63, 3.8) is 0 Å². The number of fused-ring (bicyclic) bond motifs is 2. The average molecular weight is 539 g/mol. The minimum atomic E-state index is -0.333. The lowest BCUT2D eigenvalue weighted by Gasteiger charge is -2.62. The number of esters is 2. The summed E-state index contributed by atoms with van der Waals surface area (Å²) < 4.78 is 11.7. The van der Waals surface area contributed by atoms with Gasteiger partial charge >= 0.3 is 11.9 Å². The van der Waals surface area contributed by atoms with Gasteiger partial charge in [-0.25, -0.2) is 0 Å². The van der Waals surface area contributed by atoms with Crippen molar-refractivity contribution >= 4 is 17.7 Å². The van der Waals surface area contributed by atoms with Gasteiger partial charge in [0.2, 0.25) is 0 Å². The first-order valence-electron chi connectivity index (χ1n) is 15.3. The molecule has 5 aliphatic carbocycles. The molecule has 0 radical (unpaired) electrons. The van der Waals surface area contributed by atoms with Gasteiger partial charge in [-0.05, 0) is 104 Å². The predicted molar refractivity (Wildman–Crippen MR) is 152 cm³/mol. The van der Waals surface area contributed by atoms with E-state index < -0.39 is 0 Å². The molecule has 2 spiro atoms. The summed E-state index contributed by atoms with van der Waals surface area (Å²) in [4.78, 5) is 37.0. The van der Waals surface area contributed by atoms with Gasteiger partial charge in [-0.3, -0.25) is 14.4 Å². The van der Waals surface area contributed by atoms with Gasteiger partial charge in [0.1, 0.15) is 18.0 Å². The van der Waals surface area contributed by atoms with E-state index in [0.717, 1.165) is 49.7 Å². The van der Waals surface area contributed by atoms with E-state index in [9.17, 15) is 14.4 Å². The molecule has 5 fully saturated rings. The highest BCUT2D eigenvalue weighted by Crippen LogP contribution is 2.88. The van der Waals surface area contributed by atoms with E-state index >= 15 is 0 Å². The lowest BCUT2D eigenvalue weighted by molar-refractivity contribution is -0.154. The van der Waals surface area contributed by atoms with Gasteiger partial charge in [-0.2, -0.15) is 0 Å². The molecule has 0 amide bonds. The molecule has 0 saturated heterocycles. The zero-order valence-corrected chi connectivity index (χ0v) is 25.4. The summed E-state index contributed by atoms with van der Waals surface area (Å²) in [7, 11) is 0. The molecule has 5 nitrogen and oxygen atoms in total. The number of Topliss-reactive ketones (excluding diaryl/α,β-unsaturated/α-hetero) is 1. The molecule has 0 heterocycles. The van der Waals surface area contributed by atoms with Crippen LogP contribution in [0, 0.1) is 44.8 Å². The fourth-order valence-electron chi connectivity index (χ4n) is 11.3. The molecule has 0 aromatic heterocycles. The molecule has 0 aliphatic heterocycles. The van der Waals surface area contributed by atoms with Gasteiger partial charge in [0, 0.05) is 31.6 Å². The zero-order valence-electron chi connectivity index (χ0n) is 25.4. The summed E-state index contributed by atoms with van der Waals surface area (Å²) >= 11 is 0. The van der Waals surface area contributed by atoms with Crippen molar-refractivity contribution in [2.75, 3.05) is 0 Å². The van der Waals surface area contributed by atoms with Crippen LogP contribution in [-0.4, -0.2) is 29.9 Å². The average Bonchev–Trinajstić information content (AvgIpc) is 3.43. The second-order valence-corrected chi connectivity index (χ2v) is 15.1. The molecule has 0 bridgehead atoms. The van der Waals surface area contributed by atoms with E-state index in [4.69, 9.17) is 9.47 Å². The summed E-state index contributed by atoms with van der Waals surface area (Å²) in [5.41, 5.74) is 2.34. The predicted octanol–water partition coefficient (Wildman–Crippen LogP) is 7.38. The molecule has 0 aromatic carbocycles.